The minimum Gasteiger partial charge on any atom is -0.446 e. The topological polar surface area (TPSA) is 58.6 Å². The van der Waals surface area contributed by atoms with Gasteiger partial charge in [-0.15, -0.1) is 0 Å². The minimum atomic E-state index is -1.01. The number of carbonyl (C=O) groups excluding carboxylic acids is 1. The first-order valence-corrected chi connectivity index (χ1v) is 11.4. The number of rotatable bonds is 8. The number of nitrogens with one attached hydrogen (secondary N) is 1. The molecule has 3 atom stereocenters. The van der Waals surface area contributed by atoms with Crippen LogP contribution in [0.4, 0.5) is 9.18 Å². The van der Waals surface area contributed by atoms with Gasteiger partial charge in [-0.05, 0) is 48.6 Å². The molecule has 1 heterocycles. The summed E-state index contributed by atoms with van der Waals surface area (Å²) in [4.78, 5) is 14.2. The van der Waals surface area contributed by atoms with Crippen LogP contribution in [-0.2, 0) is 15.7 Å². The lowest BCUT2D eigenvalue weighted by molar-refractivity contribution is 0.00942. The fourth-order valence-electron chi connectivity index (χ4n) is 3.52. The zero-order valence-electron chi connectivity index (χ0n) is 16.8. The maximum Gasteiger partial charge on any atom is 0.410 e. The fraction of sp³-hybridized carbons (Fsp3) is 0.409. The van der Waals surface area contributed by atoms with E-state index in [1.54, 1.807) is 23.3 Å². The zero-order chi connectivity index (χ0) is 20.8. The first kappa shape index (κ1) is 21.5. The molecule has 1 aliphatic rings. The van der Waals surface area contributed by atoms with Gasteiger partial charge in [-0.25, -0.2) is 18.1 Å². The molecule has 3 rings (SSSR count). The maximum atomic E-state index is 13.1. The van der Waals surface area contributed by atoms with Gasteiger partial charge in [0, 0.05) is 25.8 Å². The summed E-state index contributed by atoms with van der Waals surface area (Å²) >= 11 is 0. The maximum absolute atomic E-state index is 13.1. The van der Waals surface area contributed by atoms with Gasteiger partial charge in [-0.1, -0.05) is 36.4 Å². The van der Waals surface area contributed by atoms with Crippen LogP contribution < -0.4 is 4.72 Å². The van der Waals surface area contributed by atoms with Gasteiger partial charge in [0.25, 0.3) is 0 Å². The summed E-state index contributed by atoms with van der Waals surface area (Å²) in [7, 11) is -1.01. The van der Waals surface area contributed by atoms with E-state index < -0.39 is 11.0 Å². The summed E-state index contributed by atoms with van der Waals surface area (Å²) in [6.07, 6.45) is 3.61. The predicted molar refractivity (Wildman–Crippen MR) is 113 cm³/mol. The number of cyclic esters (lactones) is 1. The third-order valence-electron chi connectivity index (χ3n) is 5.24. The highest BCUT2D eigenvalue weighted by molar-refractivity contribution is 7.82. The highest BCUT2D eigenvalue weighted by Crippen LogP contribution is 2.28. The Morgan fingerprint density at radius 3 is 2.38 bits per heavy atom. The van der Waals surface area contributed by atoms with Crippen LogP contribution >= 0.6 is 0 Å². The number of amides is 1. The van der Waals surface area contributed by atoms with E-state index in [-0.39, 0.29) is 24.1 Å². The van der Waals surface area contributed by atoms with Gasteiger partial charge in [0.05, 0.1) is 17.0 Å². The second-order valence-corrected chi connectivity index (χ2v) is 8.48. The van der Waals surface area contributed by atoms with E-state index >= 15 is 0 Å². The highest BCUT2D eigenvalue weighted by atomic mass is 32.2. The second kappa shape index (κ2) is 9.98. The van der Waals surface area contributed by atoms with Gasteiger partial charge in [-0.3, -0.25) is 0 Å². The lowest BCUT2D eigenvalue weighted by atomic mass is 10.00. The van der Waals surface area contributed by atoms with Crippen molar-refractivity contribution in [2.45, 2.75) is 38.3 Å². The van der Waals surface area contributed by atoms with Gasteiger partial charge in [-0.2, -0.15) is 0 Å². The van der Waals surface area contributed by atoms with E-state index in [0.29, 0.717) is 13.1 Å². The minimum absolute atomic E-state index is 0.0844. The molecule has 2 aromatic carbocycles. The molecule has 1 aliphatic heterocycles. The zero-order valence-corrected chi connectivity index (χ0v) is 17.6. The van der Waals surface area contributed by atoms with Crippen molar-refractivity contribution in [1.29, 1.82) is 0 Å². The van der Waals surface area contributed by atoms with Crippen molar-refractivity contribution in [3.63, 3.8) is 0 Å². The Morgan fingerprint density at radius 1 is 1.17 bits per heavy atom. The Bertz CT molecular complexity index is 842. The lowest BCUT2D eigenvalue weighted by Gasteiger charge is -2.36. The van der Waals surface area contributed by atoms with Gasteiger partial charge >= 0.3 is 6.09 Å². The fourth-order valence-corrected chi connectivity index (χ4v) is 3.95. The average Bonchev–Trinajstić information content (AvgIpc) is 2.71. The van der Waals surface area contributed by atoms with E-state index in [2.05, 4.69) is 4.72 Å². The molecule has 0 radical (unpaired) electrons. The molecule has 2 aromatic rings. The molecule has 1 amide bonds. The van der Waals surface area contributed by atoms with Gasteiger partial charge < -0.3 is 9.64 Å². The summed E-state index contributed by atoms with van der Waals surface area (Å²) in [5.41, 5.74) is 2.98. The van der Waals surface area contributed by atoms with Crippen LogP contribution in [0.2, 0.25) is 0 Å². The van der Waals surface area contributed by atoms with Crippen LogP contribution in [0.25, 0.3) is 11.1 Å². The van der Waals surface area contributed by atoms with Gasteiger partial charge in [0.2, 0.25) is 0 Å². The molecule has 29 heavy (non-hydrogen) atoms. The molecule has 3 unspecified atom stereocenters. The molecule has 1 saturated heterocycles. The molecule has 5 nitrogen and oxygen atoms in total. The van der Waals surface area contributed by atoms with E-state index in [9.17, 15) is 13.4 Å². The molecule has 0 aromatic heterocycles. The van der Waals surface area contributed by atoms with Crippen LogP contribution in [0.15, 0.2) is 48.5 Å². The van der Waals surface area contributed by atoms with E-state index in [1.807, 2.05) is 31.2 Å². The molecule has 0 spiro atoms. The first-order chi connectivity index (χ1) is 13.9. The summed E-state index contributed by atoms with van der Waals surface area (Å²) in [6, 6.07) is 14.3. The van der Waals surface area contributed by atoms with Crippen LogP contribution in [0, 0.1) is 5.82 Å². The third-order valence-corrected chi connectivity index (χ3v) is 5.85. The molecular weight excluding hydrogens is 391 g/mol. The molecule has 0 aliphatic carbocycles. The van der Waals surface area contributed by atoms with Crippen LogP contribution in [-0.4, -0.2) is 40.7 Å². The number of hydrogen-bond donors (Lipinski definition) is 1. The normalized spacial score (nSPS) is 18.9. The SMILES string of the molecule is CC(c1ccc(-c2ccc(F)cc2)cc1)N1CCC(CCCNS(C)=O)OC1=O. The summed E-state index contributed by atoms with van der Waals surface area (Å²) in [5, 5.41) is 0. The molecule has 0 bridgehead atoms. The Kier molecular flexibility index (Phi) is 7.39. The monoisotopic (exact) mass is 418 g/mol. The smallest absolute Gasteiger partial charge is 0.410 e. The van der Waals surface area contributed by atoms with Gasteiger partial charge in [0.1, 0.15) is 11.9 Å². The van der Waals surface area contributed by atoms with Crippen molar-refractivity contribution in [2.75, 3.05) is 19.3 Å². The number of nitrogens with zero attached hydrogens (tertiary/aromatic N) is 1. The molecule has 1 N–H and O–H groups in total. The van der Waals surface area contributed by atoms with Crippen LogP contribution in [0.1, 0.15) is 37.8 Å². The number of carbonyl (C=O) groups is 1. The third kappa shape index (κ3) is 5.87. The predicted octanol–water partition coefficient (Wildman–Crippen LogP) is 4.43. The van der Waals surface area contributed by atoms with Crippen molar-refractivity contribution in [3.8, 4) is 11.1 Å². The lowest BCUT2D eigenvalue weighted by Crippen LogP contribution is -2.43. The van der Waals surface area contributed by atoms with E-state index in [4.69, 9.17) is 4.74 Å². The van der Waals surface area contributed by atoms with E-state index in [1.165, 1.54) is 12.1 Å². The van der Waals surface area contributed by atoms with E-state index in [0.717, 1.165) is 36.0 Å². The molecule has 156 valence electrons. The summed E-state index contributed by atoms with van der Waals surface area (Å²) in [6.45, 7) is 3.30. The van der Waals surface area contributed by atoms with Crippen LogP contribution in [0.3, 0.4) is 0 Å². The van der Waals surface area contributed by atoms with Crippen LogP contribution in [0.5, 0.6) is 0 Å². The molecule has 0 saturated carbocycles. The molecule has 1 fully saturated rings. The standard InChI is InChI=1S/C22H27FN2O3S/c1-16(17-5-7-18(8-6-17)19-9-11-20(23)12-10-19)25-15-13-21(28-22(25)26)4-3-14-24-29(2)27/h5-12,16,21,24H,3-4,13-15H2,1-2H3. The van der Waals surface area contributed by atoms with Crippen molar-refractivity contribution in [1.82, 2.24) is 9.62 Å². The summed E-state index contributed by atoms with van der Waals surface area (Å²) < 4.78 is 32.6. The Hall–Kier alpha value is -2.25. The number of halogens is 1. The second-order valence-electron chi connectivity index (χ2n) is 7.28. The average molecular weight is 419 g/mol. The Labute approximate surface area is 173 Å². The number of ether oxygens (including phenoxy) is 1. The van der Waals surface area contributed by atoms with Crippen molar-refractivity contribution >= 4 is 17.1 Å². The number of benzene rings is 2. The van der Waals surface area contributed by atoms with Crippen molar-refractivity contribution in [3.05, 3.63) is 59.9 Å². The highest BCUT2D eigenvalue weighted by Gasteiger charge is 2.30. The largest absolute Gasteiger partial charge is 0.446 e. The molecular formula is C22H27FN2O3S. The van der Waals surface area contributed by atoms with Gasteiger partial charge in [0.15, 0.2) is 0 Å². The molecule has 7 heteroatoms. The quantitative estimate of drug-likeness (QED) is 0.646. The van der Waals surface area contributed by atoms with Crippen molar-refractivity contribution < 1.29 is 18.1 Å². The Balaban J connectivity index is 1.55. The Morgan fingerprint density at radius 2 is 1.79 bits per heavy atom. The van der Waals surface area contributed by atoms with Crippen molar-refractivity contribution in [2.24, 2.45) is 0 Å². The summed E-state index contributed by atoms with van der Waals surface area (Å²) in [5.74, 6) is -0.252. The first-order valence-electron chi connectivity index (χ1n) is 9.84. The number of hydrogen-bond acceptors (Lipinski definition) is 3.